The molecule has 2 unspecified atom stereocenters. The topological polar surface area (TPSA) is 62.7 Å². The van der Waals surface area contributed by atoms with E-state index in [1.54, 1.807) is 7.11 Å². The summed E-state index contributed by atoms with van der Waals surface area (Å²) >= 11 is 0. The summed E-state index contributed by atoms with van der Waals surface area (Å²) in [7, 11) is 1.64. The van der Waals surface area contributed by atoms with Gasteiger partial charge in [0.1, 0.15) is 11.8 Å². The number of benzene rings is 2. The SMILES string of the molecule is COc1ccc(C(c2cnc3ccccc3c2)N2CCCC2C(=O)O)cc1. The summed E-state index contributed by atoms with van der Waals surface area (Å²) in [5.74, 6) is 0.0186. The average molecular weight is 362 g/mol. The fourth-order valence-electron chi connectivity index (χ4n) is 3.96. The second kappa shape index (κ2) is 7.37. The Morgan fingerprint density at radius 3 is 2.70 bits per heavy atom. The molecule has 2 atom stereocenters. The summed E-state index contributed by atoms with van der Waals surface area (Å²) in [6, 6.07) is 17.3. The molecular weight excluding hydrogens is 340 g/mol. The Morgan fingerprint density at radius 1 is 1.19 bits per heavy atom. The molecule has 1 fully saturated rings. The number of rotatable bonds is 5. The van der Waals surface area contributed by atoms with E-state index < -0.39 is 12.0 Å². The lowest BCUT2D eigenvalue weighted by Gasteiger charge is -2.32. The third-order valence-electron chi connectivity index (χ3n) is 5.27. The van der Waals surface area contributed by atoms with E-state index in [9.17, 15) is 9.90 Å². The monoisotopic (exact) mass is 362 g/mol. The first-order valence-electron chi connectivity index (χ1n) is 9.14. The maximum Gasteiger partial charge on any atom is 0.320 e. The Kier molecular flexibility index (Phi) is 4.77. The summed E-state index contributed by atoms with van der Waals surface area (Å²) < 4.78 is 5.28. The van der Waals surface area contributed by atoms with Crippen LogP contribution in [0.15, 0.2) is 60.8 Å². The molecule has 1 aliphatic rings. The zero-order chi connectivity index (χ0) is 18.8. The molecule has 2 aromatic carbocycles. The molecule has 5 heteroatoms. The van der Waals surface area contributed by atoms with Gasteiger partial charge in [0, 0.05) is 18.1 Å². The second-order valence-electron chi connectivity index (χ2n) is 6.87. The largest absolute Gasteiger partial charge is 0.497 e. The lowest BCUT2D eigenvalue weighted by atomic mass is 9.96. The van der Waals surface area contributed by atoms with E-state index in [0.717, 1.165) is 40.7 Å². The molecule has 1 aromatic heterocycles. The molecule has 5 nitrogen and oxygen atoms in total. The number of methoxy groups -OCH3 is 1. The number of carboxylic acid groups (broad SMARTS) is 1. The smallest absolute Gasteiger partial charge is 0.320 e. The van der Waals surface area contributed by atoms with Gasteiger partial charge in [0.2, 0.25) is 0 Å². The van der Waals surface area contributed by atoms with Crippen molar-refractivity contribution in [2.24, 2.45) is 0 Å². The lowest BCUT2D eigenvalue weighted by molar-refractivity contribution is -0.142. The zero-order valence-electron chi connectivity index (χ0n) is 15.2. The number of likely N-dealkylation sites (tertiary alicyclic amines) is 1. The Balaban J connectivity index is 1.82. The second-order valence-corrected chi connectivity index (χ2v) is 6.87. The van der Waals surface area contributed by atoms with Crippen LogP contribution in [0, 0.1) is 0 Å². The maximum atomic E-state index is 11.8. The number of carbonyl (C=O) groups is 1. The fraction of sp³-hybridized carbons (Fsp3) is 0.273. The van der Waals surface area contributed by atoms with Crippen LogP contribution in [0.25, 0.3) is 10.9 Å². The molecule has 0 aliphatic carbocycles. The molecule has 1 aliphatic heterocycles. The van der Waals surface area contributed by atoms with Gasteiger partial charge in [0.05, 0.1) is 18.7 Å². The van der Waals surface area contributed by atoms with Crippen LogP contribution in [0.1, 0.15) is 30.0 Å². The van der Waals surface area contributed by atoms with Gasteiger partial charge in [-0.3, -0.25) is 14.7 Å². The van der Waals surface area contributed by atoms with E-state index >= 15 is 0 Å². The minimum atomic E-state index is -0.764. The molecule has 27 heavy (non-hydrogen) atoms. The highest BCUT2D eigenvalue weighted by molar-refractivity contribution is 5.79. The van der Waals surface area contributed by atoms with E-state index in [1.807, 2.05) is 54.7 Å². The molecule has 1 N–H and O–H groups in total. The number of hydrogen-bond donors (Lipinski definition) is 1. The van der Waals surface area contributed by atoms with E-state index in [0.29, 0.717) is 6.42 Å². The van der Waals surface area contributed by atoms with Crippen molar-refractivity contribution in [3.8, 4) is 5.75 Å². The first-order valence-corrected chi connectivity index (χ1v) is 9.14. The third-order valence-corrected chi connectivity index (χ3v) is 5.27. The molecule has 3 aromatic rings. The Labute approximate surface area is 158 Å². The summed E-state index contributed by atoms with van der Waals surface area (Å²) in [4.78, 5) is 18.5. The van der Waals surface area contributed by atoms with E-state index in [1.165, 1.54) is 0 Å². The van der Waals surface area contributed by atoms with Gasteiger partial charge in [0.25, 0.3) is 0 Å². The first-order chi connectivity index (χ1) is 13.2. The predicted octanol–water partition coefficient (Wildman–Crippen LogP) is 3.88. The van der Waals surface area contributed by atoms with Crippen LogP contribution < -0.4 is 4.74 Å². The molecule has 2 heterocycles. The Hall–Kier alpha value is -2.92. The Bertz CT molecular complexity index is 955. The van der Waals surface area contributed by atoms with Gasteiger partial charge in [-0.05, 0) is 48.2 Å². The number of para-hydroxylation sites is 1. The number of carboxylic acids is 1. The molecule has 138 valence electrons. The van der Waals surface area contributed by atoms with Gasteiger partial charge in [-0.2, -0.15) is 0 Å². The highest BCUT2D eigenvalue weighted by atomic mass is 16.5. The summed E-state index contributed by atoms with van der Waals surface area (Å²) in [6.45, 7) is 0.750. The quantitative estimate of drug-likeness (QED) is 0.746. The van der Waals surface area contributed by atoms with Crippen molar-refractivity contribution in [3.05, 3.63) is 71.9 Å². The minimum Gasteiger partial charge on any atom is -0.497 e. The van der Waals surface area contributed by atoms with E-state index in [-0.39, 0.29) is 6.04 Å². The molecule has 0 spiro atoms. The number of pyridine rings is 1. The average Bonchev–Trinajstić information content (AvgIpc) is 3.18. The van der Waals surface area contributed by atoms with Crippen LogP contribution >= 0.6 is 0 Å². The van der Waals surface area contributed by atoms with Crippen LogP contribution in [0.4, 0.5) is 0 Å². The standard InChI is InChI=1S/C22H22N2O3/c1-27-18-10-8-15(9-11-18)21(24-12-4-7-20(24)22(25)26)17-13-16-5-2-3-6-19(16)23-14-17/h2-3,5-6,8-11,13-14,20-21H,4,7,12H2,1H3,(H,25,26). The summed E-state index contributed by atoms with van der Waals surface area (Å²) in [5, 5.41) is 10.8. The molecule has 0 saturated carbocycles. The van der Waals surface area contributed by atoms with Gasteiger partial charge in [-0.15, -0.1) is 0 Å². The highest BCUT2D eigenvalue weighted by Gasteiger charge is 2.37. The number of ether oxygens (including phenoxy) is 1. The molecule has 0 radical (unpaired) electrons. The van der Waals surface area contributed by atoms with Crippen molar-refractivity contribution in [1.29, 1.82) is 0 Å². The van der Waals surface area contributed by atoms with Crippen LogP contribution in [-0.4, -0.2) is 40.7 Å². The predicted molar refractivity (Wildman–Crippen MR) is 104 cm³/mol. The molecule has 4 rings (SSSR count). The van der Waals surface area contributed by atoms with Crippen LogP contribution in [0.5, 0.6) is 5.75 Å². The van der Waals surface area contributed by atoms with Crippen LogP contribution in [0.2, 0.25) is 0 Å². The van der Waals surface area contributed by atoms with Crippen LogP contribution in [-0.2, 0) is 4.79 Å². The van der Waals surface area contributed by atoms with Crippen LogP contribution in [0.3, 0.4) is 0 Å². The molecule has 1 saturated heterocycles. The van der Waals surface area contributed by atoms with Crippen molar-refractivity contribution in [2.75, 3.05) is 13.7 Å². The fourth-order valence-corrected chi connectivity index (χ4v) is 3.96. The van der Waals surface area contributed by atoms with E-state index in [2.05, 4.69) is 16.0 Å². The number of fused-ring (bicyclic) bond motifs is 1. The normalized spacial score (nSPS) is 18.5. The highest BCUT2D eigenvalue weighted by Crippen LogP contribution is 2.36. The number of nitrogens with zero attached hydrogens (tertiary/aromatic N) is 2. The summed E-state index contributed by atoms with van der Waals surface area (Å²) in [5.41, 5.74) is 2.99. The van der Waals surface area contributed by atoms with Crippen molar-refractivity contribution in [1.82, 2.24) is 9.88 Å². The summed E-state index contributed by atoms with van der Waals surface area (Å²) in [6.07, 6.45) is 3.42. The van der Waals surface area contributed by atoms with Crippen molar-refractivity contribution < 1.29 is 14.6 Å². The molecule has 0 amide bonds. The van der Waals surface area contributed by atoms with Gasteiger partial charge in [-0.25, -0.2) is 0 Å². The van der Waals surface area contributed by atoms with Gasteiger partial charge in [0.15, 0.2) is 0 Å². The van der Waals surface area contributed by atoms with Gasteiger partial charge >= 0.3 is 5.97 Å². The van der Waals surface area contributed by atoms with E-state index in [4.69, 9.17) is 4.74 Å². The molecular formula is C22H22N2O3. The Morgan fingerprint density at radius 2 is 1.96 bits per heavy atom. The zero-order valence-corrected chi connectivity index (χ0v) is 15.2. The number of aromatic nitrogens is 1. The van der Waals surface area contributed by atoms with Gasteiger partial charge < -0.3 is 9.84 Å². The van der Waals surface area contributed by atoms with Crippen molar-refractivity contribution >= 4 is 16.9 Å². The van der Waals surface area contributed by atoms with Crippen molar-refractivity contribution in [2.45, 2.75) is 24.9 Å². The van der Waals surface area contributed by atoms with Crippen molar-refractivity contribution in [3.63, 3.8) is 0 Å². The first kappa shape index (κ1) is 17.5. The number of hydrogen-bond acceptors (Lipinski definition) is 4. The third kappa shape index (κ3) is 3.38. The minimum absolute atomic E-state index is 0.156. The van der Waals surface area contributed by atoms with Gasteiger partial charge in [-0.1, -0.05) is 30.3 Å². The molecule has 0 bridgehead atoms. The number of aliphatic carboxylic acids is 1. The lowest BCUT2D eigenvalue weighted by Crippen LogP contribution is -2.39. The maximum absolute atomic E-state index is 11.8.